The summed E-state index contributed by atoms with van der Waals surface area (Å²) < 4.78 is 4.91. The second-order valence-corrected chi connectivity index (χ2v) is 3.79. The molecule has 0 saturated heterocycles. The van der Waals surface area contributed by atoms with E-state index in [1.54, 1.807) is 14.2 Å². The third-order valence-electron chi connectivity index (χ3n) is 2.26. The SMILES string of the molecule is COC[C@@H](C)NC(=O)C1=NN(C)C(=O)CC1. The molecule has 0 aromatic heterocycles. The minimum Gasteiger partial charge on any atom is -0.383 e. The molecule has 1 atom stereocenters. The fourth-order valence-corrected chi connectivity index (χ4v) is 1.43. The zero-order valence-electron chi connectivity index (χ0n) is 9.82. The summed E-state index contributed by atoms with van der Waals surface area (Å²) in [6.45, 7) is 2.30. The molecule has 1 N–H and O–H groups in total. The lowest BCUT2D eigenvalue weighted by Gasteiger charge is -2.20. The summed E-state index contributed by atoms with van der Waals surface area (Å²) in [5.74, 6) is -0.301. The van der Waals surface area contributed by atoms with Gasteiger partial charge in [0.1, 0.15) is 5.71 Å². The largest absolute Gasteiger partial charge is 0.383 e. The van der Waals surface area contributed by atoms with Gasteiger partial charge in [0.2, 0.25) is 5.91 Å². The van der Waals surface area contributed by atoms with Crippen molar-refractivity contribution in [1.29, 1.82) is 0 Å². The Hall–Kier alpha value is -1.43. The van der Waals surface area contributed by atoms with Crippen molar-refractivity contribution >= 4 is 17.5 Å². The molecule has 0 fully saturated rings. The smallest absolute Gasteiger partial charge is 0.267 e. The first-order valence-electron chi connectivity index (χ1n) is 5.18. The number of rotatable bonds is 4. The van der Waals surface area contributed by atoms with Gasteiger partial charge in [0.05, 0.1) is 6.61 Å². The van der Waals surface area contributed by atoms with Gasteiger partial charge in [0.25, 0.3) is 5.91 Å². The molecule has 0 bridgehead atoms. The van der Waals surface area contributed by atoms with E-state index in [0.29, 0.717) is 25.2 Å². The van der Waals surface area contributed by atoms with Crippen LogP contribution in [0, 0.1) is 0 Å². The Morgan fingerprint density at radius 3 is 2.88 bits per heavy atom. The molecule has 0 aromatic rings. The van der Waals surface area contributed by atoms with Crippen molar-refractivity contribution in [3.8, 4) is 0 Å². The summed E-state index contributed by atoms with van der Waals surface area (Å²) in [4.78, 5) is 22.9. The first-order chi connectivity index (χ1) is 7.54. The van der Waals surface area contributed by atoms with Gasteiger partial charge in [-0.15, -0.1) is 0 Å². The van der Waals surface area contributed by atoms with E-state index < -0.39 is 0 Å². The van der Waals surface area contributed by atoms with Crippen LogP contribution in [0.3, 0.4) is 0 Å². The highest BCUT2D eigenvalue weighted by atomic mass is 16.5. The van der Waals surface area contributed by atoms with Crippen molar-refractivity contribution in [1.82, 2.24) is 10.3 Å². The summed E-state index contributed by atoms with van der Waals surface area (Å²) in [5, 5.41) is 7.88. The van der Waals surface area contributed by atoms with Crippen molar-refractivity contribution in [3.05, 3.63) is 0 Å². The van der Waals surface area contributed by atoms with Gasteiger partial charge in [-0.2, -0.15) is 5.10 Å². The highest BCUT2D eigenvalue weighted by Crippen LogP contribution is 2.07. The van der Waals surface area contributed by atoms with E-state index in [4.69, 9.17) is 4.74 Å². The van der Waals surface area contributed by atoms with Gasteiger partial charge >= 0.3 is 0 Å². The Balaban J connectivity index is 2.54. The molecule has 1 rings (SSSR count). The highest BCUT2D eigenvalue weighted by Gasteiger charge is 2.22. The van der Waals surface area contributed by atoms with Crippen LogP contribution in [0.25, 0.3) is 0 Å². The normalized spacial score (nSPS) is 18.1. The number of ether oxygens (including phenoxy) is 1. The lowest BCUT2D eigenvalue weighted by atomic mass is 10.1. The fraction of sp³-hybridized carbons (Fsp3) is 0.700. The number of carbonyl (C=O) groups excluding carboxylic acids is 2. The molecule has 0 radical (unpaired) electrons. The molecule has 0 unspecified atom stereocenters. The van der Waals surface area contributed by atoms with Crippen molar-refractivity contribution in [2.24, 2.45) is 5.10 Å². The first-order valence-corrected chi connectivity index (χ1v) is 5.18. The predicted octanol–water partition coefficient (Wildman–Crippen LogP) is -0.254. The van der Waals surface area contributed by atoms with Gasteiger partial charge in [-0.3, -0.25) is 9.59 Å². The van der Waals surface area contributed by atoms with Gasteiger partial charge in [-0.05, 0) is 6.92 Å². The average Bonchev–Trinajstić information content (AvgIpc) is 2.22. The summed E-state index contributed by atoms with van der Waals surface area (Å²) in [6, 6.07) is -0.0665. The highest BCUT2D eigenvalue weighted by molar-refractivity contribution is 6.39. The van der Waals surface area contributed by atoms with E-state index in [-0.39, 0.29) is 17.9 Å². The molecule has 1 heterocycles. The van der Waals surface area contributed by atoms with E-state index >= 15 is 0 Å². The van der Waals surface area contributed by atoms with Crippen LogP contribution < -0.4 is 5.32 Å². The molecular weight excluding hydrogens is 210 g/mol. The van der Waals surface area contributed by atoms with E-state index in [2.05, 4.69) is 10.4 Å². The minimum absolute atomic E-state index is 0.0665. The molecule has 90 valence electrons. The second-order valence-electron chi connectivity index (χ2n) is 3.79. The van der Waals surface area contributed by atoms with Crippen LogP contribution in [-0.4, -0.2) is 49.3 Å². The van der Waals surface area contributed by atoms with Gasteiger partial charge < -0.3 is 10.1 Å². The third kappa shape index (κ3) is 3.30. The van der Waals surface area contributed by atoms with Gasteiger partial charge in [0.15, 0.2) is 0 Å². The van der Waals surface area contributed by atoms with E-state index in [0.717, 1.165) is 0 Å². The Morgan fingerprint density at radius 2 is 2.31 bits per heavy atom. The molecule has 0 aliphatic carbocycles. The molecular formula is C10H17N3O3. The van der Waals surface area contributed by atoms with Crippen LogP contribution in [0.15, 0.2) is 5.10 Å². The van der Waals surface area contributed by atoms with Crippen molar-refractivity contribution in [3.63, 3.8) is 0 Å². The lowest BCUT2D eigenvalue weighted by Crippen LogP contribution is -2.42. The van der Waals surface area contributed by atoms with Crippen molar-refractivity contribution in [2.45, 2.75) is 25.8 Å². The maximum atomic E-state index is 11.7. The Bertz CT molecular complexity index is 314. The van der Waals surface area contributed by atoms with Crippen LogP contribution in [0.5, 0.6) is 0 Å². The van der Waals surface area contributed by atoms with Crippen molar-refractivity contribution in [2.75, 3.05) is 20.8 Å². The maximum absolute atomic E-state index is 11.7. The quantitative estimate of drug-likeness (QED) is 0.719. The number of nitrogens with one attached hydrogen (secondary N) is 1. The summed E-state index contributed by atoms with van der Waals surface area (Å²) in [7, 11) is 3.13. The Morgan fingerprint density at radius 1 is 1.62 bits per heavy atom. The molecule has 0 aromatic carbocycles. The predicted molar refractivity (Wildman–Crippen MR) is 58.9 cm³/mol. The fourth-order valence-electron chi connectivity index (χ4n) is 1.43. The number of amides is 2. The molecule has 1 aliphatic heterocycles. The zero-order valence-corrected chi connectivity index (χ0v) is 9.82. The molecule has 1 aliphatic rings. The first kappa shape index (κ1) is 12.6. The molecule has 0 spiro atoms. The van der Waals surface area contributed by atoms with Crippen LogP contribution in [0.1, 0.15) is 19.8 Å². The van der Waals surface area contributed by atoms with Gasteiger partial charge in [0, 0.05) is 33.0 Å². The van der Waals surface area contributed by atoms with Crippen molar-refractivity contribution < 1.29 is 14.3 Å². The van der Waals surface area contributed by atoms with E-state index in [1.165, 1.54) is 5.01 Å². The zero-order chi connectivity index (χ0) is 12.1. The maximum Gasteiger partial charge on any atom is 0.267 e. The van der Waals surface area contributed by atoms with E-state index in [9.17, 15) is 9.59 Å². The minimum atomic E-state index is -0.232. The third-order valence-corrected chi connectivity index (χ3v) is 2.26. The molecule has 2 amide bonds. The summed E-state index contributed by atoms with van der Waals surface area (Å²) >= 11 is 0. The van der Waals surface area contributed by atoms with E-state index in [1.807, 2.05) is 6.92 Å². The Labute approximate surface area is 94.6 Å². The van der Waals surface area contributed by atoms with Gasteiger partial charge in [-0.1, -0.05) is 0 Å². The summed E-state index contributed by atoms with van der Waals surface area (Å²) in [5.41, 5.74) is 0.394. The van der Waals surface area contributed by atoms with Crippen LogP contribution in [0.2, 0.25) is 0 Å². The topological polar surface area (TPSA) is 71.0 Å². The standard InChI is InChI=1S/C10H17N3O3/c1-7(6-16-3)11-10(15)8-4-5-9(14)13(2)12-8/h7H,4-6H2,1-3H3,(H,11,15)/t7-/m1/s1. The molecule has 0 saturated carbocycles. The summed E-state index contributed by atoms with van der Waals surface area (Å²) in [6.07, 6.45) is 0.732. The Kier molecular flexibility index (Phi) is 4.42. The van der Waals surface area contributed by atoms with Crippen LogP contribution in [-0.2, 0) is 14.3 Å². The number of nitrogens with zero attached hydrogens (tertiary/aromatic N) is 2. The van der Waals surface area contributed by atoms with Crippen LogP contribution >= 0.6 is 0 Å². The second kappa shape index (κ2) is 5.60. The molecule has 16 heavy (non-hydrogen) atoms. The molecule has 6 heteroatoms. The number of carbonyl (C=O) groups is 2. The van der Waals surface area contributed by atoms with Gasteiger partial charge in [-0.25, -0.2) is 5.01 Å². The lowest BCUT2D eigenvalue weighted by molar-refractivity contribution is -0.130. The average molecular weight is 227 g/mol. The monoisotopic (exact) mass is 227 g/mol. The number of hydrogen-bond acceptors (Lipinski definition) is 4. The molecule has 6 nitrogen and oxygen atoms in total. The number of hydrazone groups is 1. The number of hydrogen-bond donors (Lipinski definition) is 1. The van der Waals surface area contributed by atoms with Crippen LogP contribution in [0.4, 0.5) is 0 Å². The number of methoxy groups -OCH3 is 1.